The summed E-state index contributed by atoms with van der Waals surface area (Å²) in [6, 6.07) is 8.70. The quantitative estimate of drug-likeness (QED) is 0.660. The van der Waals surface area contributed by atoms with Crippen LogP contribution in [-0.2, 0) is 19.6 Å². The number of nitrogens with zero attached hydrogens (tertiary/aromatic N) is 2. The Bertz CT molecular complexity index is 942. The number of sulfonamides is 1. The van der Waals surface area contributed by atoms with Crippen molar-refractivity contribution in [3.63, 3.8) is 0 Å². The normalized spacial score (nSPS) is 11.1. The van der Waals surface area contributed by atoms with Crippen LogP contribution in [0.25, 0.3) is 0 Å². The lowest BCUT2D eigenvalue weighted by atomic mass is 10.3. The number of ether oxygens (including phenoxy) is 2. The van der Waals surface area contributed by atoms with Crippen LogP contribution in [0.2, 0.25) is 0 Å². The van der Waals surface area contributed by atoms with E-state index in [0.29, 0.717) is 12.3 Å². The molecule has 9 nitrogen and oxygen atoms in total. The van der Waals surface area contributed by atoms with Crippen LogP contribution in [0.15, 0.2) is 47.5 Å². The molecule has 0 radical (unpaired) electrons. The van der Waals surface area contributed by atoms with Crippen molar-refractivity contribution in [2.75, 3.05) is 32.6 Å². The van der Waals surface area contributed by atoms with Crippen molar-refractivity contribution in [3.8, 4) is 5.88 Å². The first-order chi connectivity index (χ1) is 13.3. The minimum atomic E-state index is -3.55. The number of pyridine rings is 1. The maximum absolute atomic E-state index is 12.1. The number of rotatable bonds is 8. The number of benzene rings is 1. The first-order valence-corrected chi connectivity index (χ1v) is 9.77. The van der Waals surface area contributed by atoms with Gasteiger partial charge in [-0.3, -0.25) is 4.79 Å². The molecular formula is C18H21N3O6S. The summed E-state index contributed by atoms with van der Waals surface area (Å²) in [6.45, 7) is 1.57. The van der Waals surface area contributed by atoms with Crippen LogP contribution in [0, 0.1) is 0 Å². The fraction of sp³-hybridized carbons (Fsp3) is 0.278. The summed E-state index contributed by atoms with van der Waals surface area (Å²) in [4.78, 5) is 28.2. The Balaban J connectivity index is 1.95. The molecule has 10 heteroatoms. The Morgan fingerprint density at radius 2 is 1.82 bits per heavy atom. The third-order valence-corrected chi connectivity index (χ3v) is 5.35. The lowest BCUT2D eigenvalue weighted by Crippen LogP contribution is -2.23. The van der Waals surface area contributed by atoms with Crippen molar-refractivity contribution in [1.29, 1.82) is 0 Å². The van der Waals surface area contributed by atoms with E-state index in [9.17, 15) is 18.0 Å². The van der Waals surface area contributed by atoms with Gasteiger partial charge in [-0.1, -0.05) is 0 Å². The molecule has 0 spiro atoms. The fourth-order valence-corrected chi connectivity index (χ4v) is 3.03. The van der Waals surface area contributed by atoms with Crippen LogP contribution in [0.4, 0.5) is 5.69 Å². The van der Waals surface area contributed by atoms with Gasteiger partial charge in [-0.15, -0.1) is 0 Å². The first-order valence-electron chi connectivity index (χ1n) is 8.33. The highest BCUT2D eigenvalue weighted by molar-refractivity contribution is 7.89. The van der Waals surface area contributed by atoms with Crippen molar-refractivity contribution >= 4 is 27.6 Å². The van der Waals surface area contributed by atoms with Gasteiger partial charge in [0.2, 0.25) is 15.9 Å². The van der Waals surface area contributed by atoms with E-state index in [-0.39, 0.29) is 16.3 Å². The first kappa shape index (κ1) is 21.3. The zero-order chi connectivity index (χ0) is 20.7. The van der Waals surface area contributed by atoms with Gasteiger partial charge in [0.15, 0.2) is 6.61 Å². The maximum atomic E-state index is 12.1. The number of hydrogen-bond acceptors (Lipinski definition) is 7. The van der Waals surface area contributed by atoms with Gasteiger partial charge in [-0.05, 0) is 43.3 Å². The minimum absolute atomic E-state index is 0.0990. The van der Waals surface area contributed by atoms with Crippen LogP contribution in [-0.4, -0.2) is 56.9 Å². The molecule has 0 aliphatic heterocycles. The average molecular weight is 407 g/mol. The summed E-state index contributed by atoms with van der Waals surface area (Å²) in [5.74, 6) is -1.18. The zero-order valence-electron chi connectivity index (χ0n) is 15.7. The third kappa shape index (κ3) is 5.27. The molecule has 150 valence electrons. The van der Waals surface area contributed by atoms with Gasteiger partial charge >= 0.3 is 5.97 Å². The Hall–Kier alpha value is -2.98. The second kappa shape index (κ2) is 9.29. The van der Waals surface area contributed by atoms with E-state index in [2.05, 4.69) is 10.3 Å². The Labute approximate surface area is 163 Å². The second-order valence-corrected chi connectivity index (χ2v) is 7.88. The molecular weight excluding hydrogens is 386 g/mol. The van der Waals surface area contributed by atoms with Crippen LogP contribution in [0.1, 0.15) is 17.3 Å². The summed E-state index contributed by atoms with van der Waals surface area (Å²) in [5, 5.41) is 2.52. The van der Waals surface area contributed by atoms with Crippen molar-refractivity contribution < 1.29 is 27.5 Å². The van der Waals surface area contributed by atoms with Crippen molar-refractivity contribution in [1.82, 2.24) is 9.29 Å². The smallest absolute Gasteiger partial charge is 0.344 e. The summed E-state index contributed by atoms with van der Waals surface area (Å²) >= 11 is 0. The van der Waals surface area contributed by atoms with Crippen LogP contribution >= 0.6 is 0 Å². The summed E-state index contributed by atoms with van der Waals surface area (Å²) in [7, 11) is -0.691. The number of carbonyl (C=O) groups excluding carboxylic acids is 2. The van der Waals surface area contributed by atoms with E-state index in [0.717, 1.165) is 4.31 Å². The predicted octanol–water partition coefficient (Wildman–Crippen LogP) is 1.53. The predicted molar refractivity (Wildman–Crippen MR) is 102 cm³/mol. The van der Waals surface area contributed by atoms with E-state index >= 15 is 0 Å². The van der Waals surface area contributed by atoms with Gasteiger partial charge < -0.3 is 14.8 Å². The molecule has 1 aromatic heterocycles. The topological polar surface area (TPSA) is 115 Å². The molecule has 1 aromatic carbocycles. The standard InChI is InChI=1S/C18H21N3O6S/c1-4-26-17-15(6-5-11-19-17)18(23)27-12-16(22)20-13-7-9-14(10-8-13)28(24,25)21(2)3/h5-11H,4,12H2,1-3H3,(H,20,22). The van der Waals surface area contributed by atoms with Gasteiger partial charge in [0.05, 0.1) is 11.5 Å². The molecule has 0 bridgehead atoms. The fourth-order valence-electron chi connectivity index (χ4n) is 2.12. The van der Waals surface area contributed by atoms with Gasteiger partial charge in [-0.25, -0.2) is 22.5 Å². The summed E-state index contributed by atoms with van der Waals surface area (Å²) in [6.07, 6.45) is 1.48. The number of carbonyl (C=O) groups is 2. The molecule has 2 aromatic rings. The van der Waals surface area contributed by atoms with E-state index in [1.165, 1.54) is 50.6 Å². The molecule has 0 saturated carbocycles. The Morgan fingerprint density at radius 1 is 1.14 bits per heavy atom. The number of hydrogen-bond donors (Lipinski definition) is 1. The molecule has 0 unspecified atom stereocenters. The van der Waals surface area contributed by atoms with Crippen molar-refractivity contribution in [2.24, 2.45) is 0 Å². The largest absolute Gasteiger partial charge is 0.477 e. The number of aromatic nitrogens is 1. The Morgan fingerprint density at radius 3 is 2.43 bits per heavy atom. The molecule has 2 rings (SSSR count). The van der Waals surface area contributed by atoms with Crippen LogP contribution in [0.3, 0.4) is 0 Å². The highest BCUT2D eigenvalue weighted by atomic mass is 32.2. The molecule has 0 fully saturated rings. The lowest BCUT2D eigenvalue weighted by molar-refractivity contribution is -0.119. The zero-order valence-corrected chi connectivity index (χ0v) is 16.5. The molecule has 0 atom stereocenters. The second-order valence-electron chi connectivity index (χ2n) is 5.73. The molecule has 0 aliphatic rings. The highest BCUT2D eigenvalue weighted by Crippen LogP contribution is 2.17. The average Bonchev–Trinajstić information content (AvgIpc) is 2.67. The lowest BCUT2D eigenvalue weighted by Gasteiger charge is -2.12. The number of nitrogens with one attached hydrogen (secondary N) is 1. The monoisotopic (exact) mass is 407 g/mol. The van der Waals surface area contributed by atoms with Crippen LogP contribution < -0.4 is 10.1 Å². The maximum Gasteiger partial charge on any atom is 0.344 e. The van der Waals surface area contributed by atoms with Gasteiger partial charge in [0, 0.05) is 26.0 Å². The molecule has 1 heterocycles. The third-order valence-electron chi connectivity index (χ3n) is 3.52. The SMILES string of the molecule is CCOc1ncccc1C(=O)OCC(=O)Nc1ccc(S(=O)(=O)N(C)C)cc1. The van der Waals surface area contributed by atoms with Crippen molar-refractivity contribution in [3.05, 3.63) is 48.2 Å². The van der Waals surface area contributed by atoms with E-state index < -0.39 is 28.5 Å². The van der Waals surface area contributed by atoms with Gasteiger partial charge in [-0.2, -0.15) is 0 Å². The summed E-state index contributed by atoms with van der Waals surface area (Å²) in [5.41, 5.74) is 0.491. The Kier molecular flexibility index (Phi) is 7.07. The van der Waals surface area contributed by atoms with E-state index in [1.54, 1.807) is 13.0 Å². The van der Waals surface area contributed by atoms with Crippen LogP contribution in [0.5, 0.6) is 5.88 Å². The number of esters is 1. The van der Waals surface area contributed by atoms with Gasteiger partial charge in [0.1, 0.15) is 5.56 Å². The molecule has 0 aliphatic carbocycles. The molecule has 0 saturated heterocycles. The molecule has 28 heavy (non-hydrogen) atoms. The molecule has 1 amide bonds. The summed E-state index contributed by atoms with van der Waals surface area (Å²) < 4.78 is 35.4. The number of anilines is 1. The number of amides is 1. The minimum Gasteiger partial charge on any atom is -0.477 e. The van der Waals surface area contributed by atoms with E-state index in [4.69, 9.17) is 9.47 Å². The van der Waals surface area contributed by atoms with E-state index in [1.807, 2.05) is 0 Å². The van der Waals surface area contributed by atoms with Crippen molar-refractivity contribution in [2.45, 2.75) is 11.8 Å². The van der Waals surface area contributed by atoms with Gasteiger partial charge in [0.25, 0.3) is 5.91 Å². The molecule has 1 N–H and O–H groups in total. The highest BCUT2D eigenvalue weighted by Gasteiger charge is 2.18.